The number of allylic oxidation sites excluding steroid dienone is 1. The molecule has 1 aliphatic rings. The lowest BCUT2D eigenvalue weighted by Crippen LogP contribution is -2.18. The maximum absolute atomic E-state index is 4.37. The molecule has 1 aliphatic heterocycles. The van der Waals surface area contributed by atoms with Crippen LogP contribution in [-0.4, -0.2) is 11.8 Å². The Morgan fingerprint density at radius 3 is 2.22 bits per heavy atom. The minimum atomic E-state index is 0.167. The van der Waals surface area contributed by atoms with Gasteiger partial charge in [0.15, 0.2) is 0 Å². The SMILES string of the molecule is CCC1(CC)C=CC=N1. The minimum Gasteiger partial charge on any atom is -0.282 e. The highest BCUT2D eigenvalue weighted by atomic mass is 14.9. The molecule has 50 valence electrons. The molecule has 0 aliphatic carbocycles. The fourth-order valence-corrected chi connectivity index (χ4v) is 1.12. The van der Waals surface area contributed by atoms with Crippen LogP contribution >= 0.6 is 0 Å². The molecule has 0 saturated heterocycles. The van der Waals surface area contributed by atoms with Crippen LogP contribution in [0.3, 0.4) is 0 Å². The van der Waals surface area contributed by atoms with Crippen LogP contribution in [0.15, 0.2) is 17.1 Å². The van der Waals surface area contributed by atoms with Crippen molar-refractivity contribution in [2.45, 2.75) is 32.2 Å². The van der Waals surface area contributed by atoms with E-state index in [1.54, 1.807) is 0 Å². The van der Waals surface area contributed by atoms with Gasteiger partial charge < -0.3 is 0 Å². The van der Waals surface area contributed by atoms with Gasteiger partial charge >= 0.3 is 0 Å². The fraction of sp³-hybridized carbons (Fsp3) is 0.625. The van der Waals surface area contributed by atoms with Crippen LogP contribution in [0.25, 0.3) is 0 Å². The van der Waals surface area contributed by atoms with E-state index in [-0.39, 0.29) is 5.54 Å². The smallest absolute Gasteiger partial charge is 0.0785 e. The largest absolute Gasteiger partial charge is 0.282 e. The molecule has 0 N–H and O–H groups in total. The van der Waals surface area contributed by atoms with E-state index in [2.05, 4.69) is 24.9 Å². The average Bonchev–Trinajstić information content (AvgIpc) is 2.36. The topological polar surface area (TPSA) is 12.4 Å². The molecule has 9 heavy (non-hydrogen) atoms. The van der Waals surface area contributed by atoms with E-state index in [4.69, 9.17) is 0 Å². The molecular weight excluding hydrogens is 110 g/mol. The quantitative estimate of drug-likeness (QED) is 0.533. The lowest BCUT2D eigenvalue weighted by atomic mass is 9.95. The summed E-state index contributed by atoms with van der Waals surface area (Å²) in [5, 5.41) is 0. The molecule has 1 nitrogen and oxygen atoms in total. The Bertz CT molecular complexity index is 127. The number of rotatable bonds is 2. The molecule has 0 bridgehead atoms. The van der Waals surface area contributed by atoms with Gasteiger partial charge in [-0.05, 0) is 18.9 Å². The standard InChI is InChI=1S/C8H13N/c1-3-8(4-2)6-5-7-9-8/h5-7H,3-4H2,1-2H3. The maximum Gasteiger partial charge on any atom is 0.0785 e. The van der Waals surface area contributed by atoms with Crippen molar-refractivity contribution in [3.05, 3.63) is 12.2 Å². The van der Waals surface area contributed by atoms with E-state index >= 15 is 0 Å². The molecule has 0 unspecified atom stereocenters. The van der Waals surface area contributed by atoms with Crippen molar-refractivity contribution in [2.75, 3.05) is 0 Å². The van der Waals surface area contributed by atoms with Crippen LogP contribution in [0.1, 0.15) is 26.7 Å². The van der Waals surface area contributed by atoms with Crippen LogP contribution < -0.4 is 0 Å². The Labute approximate surface area is 56.5 Å². The molecule has 0 atom stereocenters. The lowest BCUT2D eigenvalue weighted by Gasteiger charge is -2.18. The molecule has 0 saturated carbocycles. The zero-order chi connectivity index (χ0) is 6.74. The Balaban J connectivity index is 2.69. The fourth-order valence-electron chi connectivity index (χ4n) is 1.12. The predicted octanol–water partition coefficient (Wildman–Crippen LogP) is 2.19. The van der Waals surface area contributed by atoms with Crippen molar-refractivity contribution >= 4 is 6.21 Å². The van der Waals surface area contributed by atoms with Crippen molar-refractivity contribution in [1.29, 1.82) is 0 Å². The monoisotopic (exact) mass is 123 g/mol. The van der Waals surface area contributed by atoms with Crippen molar-refractivity contribution in [3.8, 4) is 0 Å². The third kappa shape index (κ3) is 1.04. The molecule has 0 amide bonds. The van der Waals surface area contributed by atoms with Gasteiger partial charge in [0.2, 0.25) is 0 Å². The van der Waals surface area contributed by atoms with E-state index in [9.17, 15) is 0 Å². The van der Waals surface area contributed by atoms with Crippen molar-refractivity contribution in [2.24, 2.45) is 4.99 Å². The molecule has 1 heteroatoms. The maximum atomic E-state index is 4.37. The van der Waals surface area contributed by atoms with Gasteiger partial charge in [-0.3, -0.25) is 4.99 Å². The van der Waals surface area contributed by atoms with Gasteiger partial charge in [0, 0.05) is 6.21 Å². The molecule has 0 aromatic rings. The second kappa shape index (κ2) is 2.34. The molecular formula is C8H13N. The molecule has 1 heterocycles. The summed E-state index contributed by atoms with van der Waals surface area (Å²) in [4.78, 5) is 4.37. The van der Waals surface area contributed by atoms with Crippen LogP contribution in [0.2, 0.25) is 0 Å². The molecule has 1 rings (SSSR count). The summed E-state index contributed by atoms with van der Waals surface area (Å²) in [6, 6.07) is 0. The van der Waals surface area contributed by atoms with Crippen molar-refractivity contribution in [3.63, 3.8) is 0 Å². The summed E-state index contributed by atoms with van der Waals surface area (Å²) in [7, 11) is 0. The number of hydrogen-bond donors (Lipinski definition) is 0. The van der Waals surface area contributed by atoms with E-state index in [1.807, 2.05) is 12.3 Å². The Kier molecular flexibility index (Phi) is 1.70. The summed E-state index contributed by atoms with van der Waals surface area (Å²) >= 11 is 0. The van der Waals surface area contributed by atoms with Crippen LogP contribution in [0.5, 0.6) is 0 Å². The first-order chi connectivity index (χ1) is 4.33. The minimum absolute atomic E-state index is 0.167. The first kappa shape index (κ1) is 6.53. The molecule has 0 aromatic carbocycles. The highest BCUT2D eigenvalue weighted by Crippen LogP contribution is 2.24. The summed E-state index contributed by atoms with van der Waals surface area (Å²) in [5.74, 6) is 0. The van der Waals surface area contributed by atoms with Crippen LogP contribution in [0, 0.1) is 0 Å². The van der Waals surface area contributed by atoms with Gasteiger partial charge in [0.1, 0.15) is 0 Å². The third-order valence-corrected chi connectivity index (χ3v) is 2.05. The summed E-state index contributed by atoms with van der Waals surface area (Å²) in [6.07, 6.45) is 8.36. The predicted molar refractivity (Wildman–Crippen MR) is 40.9 cm³/mol. The highest BCUT2D eigenvalue weighted by Gasteiger charge is 2.21. The summed E-state index contributed by atoms with van der Waals surface area (Å²) in [6.45, 7) is 4.35. The molecule has 0 spiro atoms. The van der Waals surface area contributed by atoms with E-state index in [0.717, 1.165) is 12.8 Å². The van der Waals surface area contributed by atoms with Gasteiger partial charge in [-0.15, -0.1) is 0 Å². The molecule has 0 radical (unpaired) electrons. The number of nitrogens with zero attached hydrogens (tertiary/aromatic N) is 1. The van der Waals surface area contributed by atoms with Gasteiger partial charge in [-0.1, -0.05) is 19.9 Å². The van der Waals surface area contributed by atoms with Gasteiger partial charge in [-0.25, -0.2) is 0 Å². The molecule has 0 aromatic heterocycles. The number of aliphatic imine (C=N–C) groups is 1. The Morgan fingerprint density at radius 2 is 2.00 bits per heavy atom. The second-order valence-electron chi connectivity index (χ2n) is 2.45. The summed E-state index contributed by atoms with van der Waals surface area (Å²) in [5.41, 5.74) is 0.167. The highest BCUT2D eigenvalue weighted by molar-refractivity contribution is 5.75. The van der Waals surface area contributed by atoms with E-state index in [0.29, 0.717) is 0 Å². The third-order valence-electron chi connectivity index (χ3n) is 2.05. The lowest BCUT2D eigenvalue weighted by molar-refractivity contribution is 0.505. The Hall–Kier alpha value is -0.590. The first-order valence-electron chi connectivity index (χ1n) is 3.56. The average molecular weight is 123 g/mol. The zero-order valence-electron chi connectivity index (χ0n) is 6.09. The summed E-state index contributed by atoms with van der Waals surface area (Å²) < 4.78 is 0. The Morgan fingerprint density at radius 1 is 1.33 bits per heavy atom. The first-order valence-corrected chi connectivity index (χ1v) is 3.56. The zero-order valence-corrected chi connectivity index (χ0v) is 6.09. The molecule has 0 fully saturated rings. The van der Waals surface area contributed by atoms with Gasteiger partial charge in [0.05, 0.1) is 5.54 Å². The van der Waals surface area contributed by atoms with Crippen molar-refractivity contribution < 1.29 is 0 Å². The van der Waals surface area contributed by atoms with E-state index < -0.39 is 0 Å². The van der Waals surface area contributed by atoms with E-state index in [1.165, 1.54) is 0 Å². The van der Waals surface area contributed by atoms with Crippen molar-refractivity contribution in [1.82, 2.24) is 0 Å². The van der Waals surface area contributed by atoms with Gasteiger partial charge in [-0.2, -0.15) is 0 Å². The normalized spacial score (nSPS) is 21.1. The van der Waals surface area contributed by atoms with Crippen LogP contribution in [-0.2, 0) is 0 Å². The van der Waals surface area contributed by atoms with Gasteiger partial charge in [0.25, 0.3) is 0 Å². The number of hydrogen-bond acceptors (Lipinski definition) is 1. The second-order valence-corrected chi connectivity index (χ2v) is 2.45. The van der Waals surface area contributed by atoms with Crippen LogP contribution in [0.4, 0.5) is 0 Å².